The summed E-state index contributed by atoms with van der Waals surface area (Å²) >= 11 is 1.63. The van der Waals surface area contributed by atoms with Gasteiger partial charge in [0.05, 0.1) is 17.9 Å². The molecule has 0 aliphatic carbocycles. The highest BCUT2D eigenvalue weighted by atomic mass is 32.1. The zero-order valence-corrected chi connectivity index (χ0v) is 11.8. The Morgan fingerprint density at radius 1 is 1.58 bits per heavy atom. The molecule has 1 amide bonds. The lowest BCUT2D eigenvalue weighted by molar-refractivity contribution is -0.122. The fourth-order valence-corrected chi connectivity index (χ4v) is 2.46. The molecule has 2 aromatic rings. The first-order chi connectivity index (χ1) is 9.19. The molecular formula is C12H17N5OS. The molecule has 2 aromatic heterocycles. The Labute approximate surface area is 115 Å². The second kappa shape index (κ2) is 6.44. The van der Waals surface area contributed by atoms with E-state index in [1.54, 1.807) is 22.2 Å². The molecule has 0 spiro atoms. The number of carbonyl (C=O) groups excluding carboxylic acids is 1. The first-order valence-electron chi connectivity index (χ1n) is 6.05. The normalized spacial score (nSPS) is 12.3. The third kappa shape index (κ3) is 3.87. The fourth-order valence-electron chi connectivity index (χ4n) is 1.72. The summed E-state index contributed by atoms with van der Waals surface area (Å²) in [5.74, 6) is -0.0678. The maximum absolute atomic E-state index is 11.9. The van der Waals surface area contributed by atoms with Gasteiger partial charge in [-0.3, -0.25) is 4.79 Å². The van der Waals surface area contributed by atoms with Crippen LogP contribution in [-0.4, -0.2) is 27.9 Å². The van der Waals surface area contributed by atoms with E-state index in [1.807, 2.05) is 31.5 Å². The van der Waals surface area contributed by atoms with Crippen LogP contribution in [0.2, 0.25) is 0 Å². The Kier molecular flexibility index (Phi) is 4.64. The minimum Gasteiger partial charge on any atom is -0.347 e. The molecule has 0 saturated heterocycles. The van der Waals surface area contributed by atoms with Crippen molar-refractivity contribution in [3.8, 4) is 0 Å². The van der Waals surface area contributed by atoms with Crippen LogP contribution in [0.4, 0.5) is 0 Å². The number of hydrogen-bond donors (Lipinski definition) is 2. The summed E-state index contributed by atoms with van der Waals surface area (Å²) in [5, 5.41) is 15.8. The lowest BCUT2D eigenvalue weighted by Crippen LogP contribution is -2.29. The Hall–Kier alpha value is -1.73. The molecule has 19 heavy (non-hydrogen) atoms. The molecule has 6 nitrogen and oxygen atoms in total. The van der Waals surface area contributed by atoms with Gasteiger partial charge >= 0.3 is 0 Å². The van der Waals surface area contributed by atoms with Crippen LogP contribution < -0.4 is 10.6 Å². The van der Waals surface area contributed by atoms with E-state index in [9.17, 15) is 4.79 Å². The van der Waals surface area contributed by atoms with Crippen molar-refractivity contribution in [1.29, 1.82) is 0 Å². The average molecular weight is 279 g/mol. The van der Waals surface area contributed by atoms with Gasteiger partial charge in [-0.2, -0.15) is 0 Å². The molecule has 0 aliphatic heterocycles. The number of nitrogens with one attached hydrogen (secondary N) is 2. The highest BCUT2D eigenvalue weighted by molar-refractivity contribution is 7.10. The topological polar surface area (TPSA) is 71.8 Å². The molecule has 0 saturated carbocycles. The Morgan fingerprint density at radius 2 is 2.42 bits per heavy atom. The first kappa shape index (κ1) is 13.7. The van der Waals surface area contributed by atoms with Gasteiger partial charge in [0.1, 0.15) is 6.54 Å². The summed E-state index contributed by atoms with van der Waals surface area (Å²) in [6, 6.07) is 4.01. The second-order valence-electron chi connectivity index (χ2n) is 4.24. The van der Waals surface area contributed by atoms with Crippen LogP contribution in [-0.2, 0) is 17.9 Å². The maximum atomic E-state index is 11.9. The summed E-state index contributed by atoms with van der Waals surface area (Å²) < 4.78 is 1.54. The van der Waals surface area contributed by atoms with E-state index >= 15 is 0 Å². The summed E-state index contributed by atoms with van der Waals surface area (Å²) in [5.41, 5.74) is 0.821. The largest absolute Gasteiger partial charge is 0.347 e. The summed E-state index contributed by atoms with van der Waals surface area (Å²) in [6.45, 7) is 2.80. The van der Waals surface area contributed by atoms with Crippen molar-refractivity contribution >= 4 is 17.2 Å². The number of aromatic nitrogens is 3. The smallest absolute Gasteiger partial charge is 0.242 e. The molecule has 0 bridgehead atoms. The summed E-state index contributed by atoms with van der Waals surface area (Å²) in [4.78, 5) is 13.0. The van der Waals surface area contributed by atoms with Crippen molar-refractivity contribution in [3.63, 3.8) is 0 Å². The number of rotatable bonds is 6. The molecule has 102 valence electrons. The average Bonchev–Trinajstić information content (AvgIpc) is 3.00. The van der Waals surface area contributed by atoms with Crippen LogP contribution in [0, 0.1) is 0 Å². The molecule has 0 fully saturated rings. The van der Waals surface area contributed by atoms with Gasteiger partial charge in [0.2, 0.25) is 5.91 Å². The minimum absolute atomic E-state index is 0.0211. The van der Waals surface area contributed by atoms with E-state index in [-0.39, 0.29) is 18.5 Å². The Morgan fingerprint density at radius 3 is 3.11 bits per heavy atom. The fraction of sp³-hybridized carbons (Fsp3) is 0.417. The van der Waals surface area contributed by atoms with Gasteiger partial charge in [0, 0.05) is 11.4 Å². The summed E-state index contributed by atoms with van der Waals surface area (Å²) in [7, 11) is 1.84. The van der Waals surface area contributed by atoms with Crippen molar-refractivity contribution < 1.29 is 4.79 Å². The van der Waals surface area contributed by atoms with Gasteiger partial charge in [0.25, 0.3) is 0 Å². The lowest BCUT2D eigenvalue weighted by Gasteiger charge is -2.11. The molecule has 7 heteroatoms. The molecule has 2 rings (SSSR count). The monoisotopic (exact) mass is 279 g/mol. The van der Waals surface area contributed by atoms with Crippen molar-refractivity contribution in [1.82, 2.24) is 25.6 Å². The van der Waals surface area contributed by atoms with Gasteiger partial charge in [-0.05, 0) is 25.4 Å². The summed E-state index contributed by atoms with van der Waals surface area (Å²) in [6.07, 6.45) is 1.77. The molecule has 1 atom stereocenters. The SMILES string of the molecule is CNCc1cn(CC(=O)NC(C)c2cccs2)nn1. The number of nitrogens with zero attached hydrogens (tertiary/aromatic N) is 3. The van der Waals surface area contributed by atoms with Crippen LogP contribution in [0.15, 0.2) is 23.7 Å². The van der Waals surface area contributed by atoms with E-state index in [0.717, 1.165) is 10.6 Å². The van der Waals surface area contributed by atoms with Crippen molar-refractivity contribution in [2.45, 2.75) is 26.1 Å². The van der Waals surface area contributed by atoms with Crippen LogP contribution in [0.25, 0.3) is 0 Å². The predicted octanol–water partition coefficient (Wildman–Crippen LogP) is 0.936. The van der Waals surface area contributed by atoms with Crippen LogP contribution in [0.5, 0.6) is 0 Å². The van der Waals surface area contributed by atoms with Gasteiger partial charge in [-0.15, -0.1) is 16.4 Å². The van der Waals surface area contributed by atoms with Crippen LogP contribution >= 0.6 is 11.3 Å². The van der Waals surface area contributed by atoms with Crippen molar-refractivity contribution in [2.75, 3.05) is 7.05 Å². The van der Waals surface area contributed by atoms with Crippen LogP contribution in [0.3, 0.4) is 0 Å². The molecule has 2 N–H and O–H groups in total. The van der Waals surface area contributed by atoms with E-state index in [4.69, 9.17) is 0 Å². The first-order valence-corrected chi connectivity index (χ1v) is 6.93. The zero-order valence-electron chi connectivity index (χ0n) is 11.0. The second-order valence-corrected chi connectivity index (χ2v) is 5.22. The van der Waals surface area contributed by atoms with E-state index in [0.29, 0.717) is 6.54 Å². The van der Waals surface area contributed by atoms with Gasteiger partial charge in [-0.1, -0.05) is 11.3 Å². The molecule has 1 unspecified atom stereocenters. The third-order valence-corrected chi connectivity index (χ3v) is 3.65. The van der Waals surface area contributed by atoms with Gasteiger partial charge in [0.15, 0.2) is 0 Å². The minimum atomic E-state index is -0.0678. The zero-order chi connectivity index (χ0) is 13.7. The molecular weight excluding hydrogens is 262 g/mol. The number of carbonyl (C=O) groups is 1. The highest BCUT2D eigenvalue weighted by Crippen LogP contribution is 2.17. The van der Waals surface area contributed by atoms with Crippen molar-refractivity contribution in [2.24, 2.45) is 0 Å². The van der Waals surface area contributed by atoms with E-state index in [1.165, 1.54) is 0 Å². The van der Waals surface area contributed by atoms with Gasteiger partial charge < -0.3 is 10.6 Å². The number of thiophene rings is 1. The molecule has 0 radical (unpaired) electrons. The predicted molar refractivity (Wildman–Crippen MR) is 73.7 cm³/mol. The van der Waals surface area contributed by atoms with E-state index < -0.39 is 0 Å². The third-order valence-electron chi connectivity index (χ3n) is 2.60. The van der Waals surface area contributed by atoms with E-state index in [2.05, 4.69) is 20.9 Å². The molecule has 2 heterocycles. The molecule has 0 aromatic carbocycles. The quantitative estimate of drug-likeness (QED) is 0.825. The number of hydrogen-bond acceptors (Lipinski definition) is 5. The van der Waals surface area contributed by atoms with Gasteiger partial charge in [-0.25, -0.2) is 4.68 Å². The lowest BCUT2D eigenvalue weighted by atomic mass is 10.3. The Balaban J connectivity index is 1.86. The Bertz CT molecular complexity index is 522. The standard InChI is InChI=1S/C12H17N5OS/c1-9(11-4-3-5-19-11)14-12(18)8-17-7-10(6-13-2)15-16-17/h3-5,7,9,13H,6,8H2,1-2H3,(H,14,18). The van der Waals surface area contributed by atoms with Crippen molar-refractivity contribution in [3.05, 3.63) is 34.3 Å². The van der Waals surface area contributed by atoms with Crippen LogP contribution in [0.1, 0.15) is 23.5 Å². The number of amides is 1. The maximum Gasteiger partial charge on any atom is 0.242 e. The highest BCUT2D eigenvalue weighted by Gasteiger charge is 2.11. The molecule has 0 aliphatic rings.